The summed E-state index contributed by atoms with van der Waals surface area (Å²) in [5.74, 6) is 1.08. The van der Waals surface area contributed by atoms with Crippen LogP contribution in [-0.4, -0.2) is 39.5 Å². The molecule has 2 aromatic rings. The zero-order valence-electron chi connectivity index (χ0n) is 21.7. The second-order valence-electron chi connectivity index (χ2n) is 9.47. The number of allylic oxidation sites excluding steroid dienone is 4. The van der Waals surface area contributed by atoms with Crippen molar-refractivity contribution in [1.29, 1.82) is 0 Å². The van der Waals surface area contributed by atoms with E-state index in [1.54, 1.807) is 18.2 Å². The molecule has 2 heterocycles. The minimum atomic E-state index is -1.08. The molecule has 192 valence electrons. The van der Waals surface area contributed by atoms with E-state index < -0.39 is 12.0 Å². The van der Waals surface area contributed by atoms with Gasteiger partial charge in [0, 0.05) is 18.5 Å². The fraction of sp³-hybridized carbons (Fsp3) is 0.414. The van der Waals surface area contributed by atoms with Gasteiger partial charge in [-0.25, -0.2) is 9.78 Å². The van der Waals surface area contributed by atoms with Gasteiger partial charge in [-0.05, 0) is 68.9 Å². The van der Waals surface area contributed by atoms with Gasteiger partial charge in [-0.15, -0.1) is 0 Å². The number of hydrogen-bond donors (Lipinski definition) is 1. The monoisotopic (exact) mass is 492 g/mol. The summed E-state index contributed by atoms with van der Waals surface area (Å²) in [6.45, 7) is 10.3. The van der Waals surface area contributed by atoms with E-state index in [4.69, 9.17) is 9.15 Å². The molecule has 0 bridgehead atoms. The van der Waals surface area contributed by atoms with Crippen molar-refractivity contribution in [2.75, 3.05) is 6.61 Å². The van der Waals surface area contributed by atoms with Gasteiger partial charge in [0.05, 0.1) is 12.3 Å². The summed E-state index contributed by atoms with van der Waals surface area (Å²) in [6.07, 6.45) is 12.6. The van der Waals surface area contributed by atoms with Crippen LogP contribution in [0.1, 0.15) is 68.6 Å². The summed E-state index contributed by atoms with van der Waals surface area (Å²) in [6, 6.07) is 4.17. The van der Waals surface area contributed by atoms with Crippen molar-refractivity contribution in [3.8, 4) is 5.75 Å². The van der Waals surface area contributed by atoms with Crippen LogP contribution in [0.15, 0.2) is 53.0 Å². The fourth-order valence-corrected chi connectivity index (χ4v) is 4.32. The summed E-state index contributed by atoms with van der Waals surface area (Å²) in [7, 11) is 0. The van der Waals surface area contributed by atoms with Crippen LogP contribution in [0.3, 0.4) is 0 Å². The number of fused-ring (bicyclic) bond motifs is 1. The molecule has 2 atom stereocenters. The van der Waals surface area contributed by atoms with Gasteiger partial charge >= 0.3 is 5.97 Å². The third-order valence-corrected chi connectivity index (χ3v) is 6.10. The number of carbonyl (C=O) groups excluding carboxylic acids is 1. The van der Waals surface area contributed by atoms with Crippen LogP contribution in [0.25, 0.3) is 6.08 Å². The smallest absolute Gasteiger partial charge is 0.331 e. The van der Waals surface area contributed by atoms with Crippen LogP contribution in [-0.2, 0) is 22.4 Å². The Kier molecular flexibility index (Phi) is 9.28. The van der Waals surface area contributed by atoms with E-state index in [1.807, 2.05) is 45.1 Å². The standard InChI is InChI=1S/C29H36N2O5/c1-6-7-8-12-27(32)31-20(4)17-22-13-14-23(18-24(22)28(31)29(33)34)35-16-15-25-21(5)36-26(30-25)11-9-10-19(2)3/h6-9,11-14,18-20,28H,10,15-17H2,1-5H3,(H,33,34)/t20-,28?/m0/s1. The number of oxazole rings is 1. The Hall–Kier alpha value is -3.61. The Morgan fingerprint density at radius 2 is 2.08 bits per heavy atom. The maximum atomic E-state index is 12.8. The van der Waals surface area contributed by atoms with Crippen LogP contribution in [0.5, 0.6) is 5.75 Å². The van der Waals surface area contributed by atoms with Gasteiger partial charge < -0.3 is 19.2 Å². The number of hydrogen-bond acceptors (Lipinski definition) is 5. The van der Waals surface area contributed by atoms with Gasteiger partial charge in [0.2, 0.25) is 11.8 Å². The predicted octanol–water partition coefficient (Wildman–Crippen LogP) is 5.70. The maximum Gasteiger partial charge on any atom is 0.331 e. The van der Waals surface area contributed by atoms with Crippen molar-refractivity contribution in [2.45, 2.75) is 66.0 Å². The lowest BCUT2D eigenvalue weighted by Crippen LogP contribution is -2.48. The van der Waals surface area contributed by atoms with Crippen molar-refractivity contribution >= 4 is 18.0 Å². The molecule has 36 heavy (non-hydrogen) atoms. The van der Waals surface area contributed by atoms with Crippen LogP contribution in [0.4, 0.5) is 0 Å². The highest BCUT2D eigenvalue weighted by molar-refractivity contribution is 5.92. The molecule has 0 radical (unpaired) electrons. The van der Waals surface area contributed by atoms with Crippen molar-refractivity contribution in [3.63, 3.8) is 0 Å². The highest BCUT2D eigenvalue weighted by atomic mass is 16.5. The summed E-state index contributed by atoms with van der Waals surface area (Å²) in [5, 5.41) is 10.0. The lowest BCUT2D eigenvalue weighted by Gasteiger charge is -2.39. The van der Waals surface area contributed by atoms with E-state index in [-0.39, 0.29) is 11.9 Å². The third kappa shape index (κ3) is 6.74. The number of nitrogens with zero attached hydrogens (tertiary/aromatic N) is 2. The Morgan fingerprint density at radius 1 is 1.31 bits per heavy atom. The largest absolute Gasteiger partial charge is 0.493 e. The molecule has 7 nitrogen and oxygen atoms in total. The number of ether oxygens (including phenoxy) is 1. The second kappa shape index (κ2) is 12.4. The molecule has 1 aromatic carbocycles. The second-order valence-corrected chi connectivity index (χ2v) is 9.47. The quantitative estimate of drug-likeness (QED) is 0.338. The molecule has 1 amide bonds. The summed E-state index contributed by atoms with van der Waals surface area (Å²) >= 11 is 0. The predicted molar refractivity (Wildman–Crippen MR) is 140 cm³/mol. The molecule has 1 aliphatic rings. The number of amides is 1. The lowest BCUT2D eigenvalue weighted by molar-refractivity contribution is -0.151. The number of aliphatic carboxylic acids is 1. The molecule has 3 rings (SSSR count). The minimum Gasteiger partial charge on any atom is -0.493 e. The minimum absolute atomic E-state index is 0.243. The number of benzene rings is 1. The normalized spacial score (nSPS) is 18.0. The Morgan fingerprint density at radius 3 is 2.78 bits per heavy atom. The van der Waals surface area contributed by atoms with E-state index in [1.165, 1.54) is 11.0 Å². The lowest BCUT2D eigenvalue weighted by atomic mass is 9.88. The molecule has 0 spiro atoms. The van der Waals surface area contributed by atoms with E-state index in [2.05, 4.69) is 24.9 Å². The van der Waals surface area contributed by atoms with Crippen LogP contribution < -0.4 is 4.74 Å². The fourth-order valence-electron chi connectivity index (χ4n) is 4.32. The van der Waals surface area contributed by atoms with Gasteiger partial charge in [-0.1, -0.05) is 44.2 Å². The molecule has 1 unspecified atom stereocenters. The summed E-state index contributed by atoms with van der Waals surface area (Å²) in [4.78, 5) is 31.1. The number of carboxylic acid groups (broad SMARTS) is 1. The Labute approximate surface area is 213 Å². The first-order valence-corrected chi connectivity index (χ1v) is 12.4. The average molecular weight is 493 g/mol. The third-order valence-electron chi connectivity index (χ3n) is 6.10. The number of carboxylic acids is 1. The molecule has 0 saturated heterocycles. The van der Waals surface area contributed by atoms with Crippen LogP contribution in [0, 0.1) is 12.8 Å². The topological polar surface area (TPSA) is 92.9 Å². The van der Waals surface area contributed by atoms with Crippen molar-refractivity contribution < 1.29 is 23.8 Å². The average Bonchev–Trinajstić information content (AvgIpc) is 3.17. The van der Waals surface area contributed by atoms with E-state index in [9.17, 15) is 14.7 Å². The Balaban J connectivity index is 1.72. The van der Waals surface area contributed by atoms with Gasteiger partial charge in [0.15, 0.2) is 6.04 Å². The van der Waals surface area contributed by atoms with Crippen molar-refractivity contribution in [3.05, 3.63) is 77.1 Å². The maximum absolute atomic E-state index is 12.8. The number of aromatic nitrogens is 1. The van der Waals surface area contributed by atoms with Gasteiger partial charge in [0.25, 0.3) is 0 Å². The molecule has 1 aromatic heterocycles. The summed E-state index contributed by atoms with van der Waals surface area (Å²) < 4.78 is 11.7. The first-order chi connectivity index (χ1) is 17.2. The van der Waals surface area contributed by atoms with Crippen molar-refractivity contribution in [2.24, 2.45) is 5.92 Å². The van der Waals surface area contributed by atoms with Gasteiger partial charge in [-0.3, -0.25) is 4.79 Å². The van der Waals surface area contributed by atoms with E-state index in [0.717, 1.165) is 23.4 Å². The first kappa shape index (κ1) is 27.0. The molecule has 0 fully saturated rings. The van der Waals surface area contributed by atoms with Crippen LogP contribution in [0.2, 0.25) is 0 Å². The molecular formula is C29H36N2O5. The Bertz CT molecular complexity index is 1160. The summed E-state index contributed by atoms with van der Waals surface area (Å²) in [5.41, 5.74) is 2.33. The molecule has 0 saturated carbocycles. The zero-order valence-corrected chi connectivity index (χ0v) is 21.7. The van der Waals surface area contributed by atoms with E-state index >= 15 is 0 Å². The SMILES string of the molecule is CC=CC=CC(=O)N1C(C(=O)O)c2cc(OCCc3nc(C=CCC(C)C)oc3C)ccc2C[C@@H]1C. The number of rotatable bonds is 10. The van der Waals surface area contributed by atoms with Gasteiger partial charge in [-0.2, -0.15) is 0 Å². The molecule has 1 N–H and O–H groups in total. The van der Waals surface area contributed by atoms with Crippen LogP contribution >= 0.6 is 0 Å². The first-order valence-electron chi connectivity index (χ1n) is 12.4. The highest BCUT2D eigenvalue weighted by Gasteiger charge is 2.39. The molecule has 7 heteroatoms. The highest BCUT2D eigenvalue weighted by Crippen LogP contribution is 2.36. The zero-order chi connectivity index (χ0) is 26.2. The number of aryl methyl sites for hydroxylation is 1. The van der Waals surface area contributed by atoms with E-state index in [0.29, 0.717) is 42.6 Å². The molecule has 1 aliphatic heterocycles. The van der Waals surface area contributed by atoms with Crippen molar-refractivity contribution in [1.82, 2.24) is 9.88 Å². The molecule has 0 aliphatic carbocycles. The number of carbonyl (C=O) groups is 2. The van der Waals surface area contributed by atoms with Gasteiger partial charge in [0.1, 0.15) is 11.5 Å². The molecular weight excluding hydrogens is 456 g/mol.